The monoisotopic (exact) mass is 383 g/mol. The van der Waals surface area contributed by atoms with Gasteiger partial charge in [-0.05, 0) is 24.3 Å². The third-order valence-electron chi connectivity index (χ3n) is 2.99. The van der Waals surface area contributed by atoms with Crippen molar-refractivity contribution in [3.8, 4) is 0 Å². The third kappa shape index (κ3) is 4.38. The molecule has 0 fully saturated rings. The lowest BCUT2D eigenvalue weighted by Crippen LogP contribution is -2.07. The number of thioether (sulfide) groups is 1. The van der Waals surface area contributed by atoms with Crippen molar-refractivity contribution in [1.82, 2.24) is 4.98 Å². The number of benzene rings is 2. The minimum absolute atomic E-state index is 0.134. The molecule has 7 heteroatoms. The highest BCUT2D eigenvalue weighted by Gasteiger charge is 2.10. The second kappa shape index (κ2) is 7.53. The quantitative estimate of drug-likeness (QED) is 0.434. The highest BCUT2D eigenvalue weighted by Crippen LogP contribution is 2.29. The first-order chi connectivity index (χ1) is 11.1. The molecule has 0 spiro atoms. The molecular weight excluding hydrogens is 373 g/mol. The highest BCUT2D eigenvalue weighted by molar-refractivity contribution is 8.01. The van der Waals surface area contributed by atoms with Gasteiger partial charge in [0.15, 0.2) is 4.34 Å². The molecule has 3 nitrogen and oxygen atoms in total. The van der Waals surface area contributed by atoms with Crippen LogP contribution in [0.15, 0.2) is 46.8 Å². The Hall–Kier alpha value is -1.27. The molecule has 2 aromatic carbocycles. The Kier molecular flexibility index (Phi) is 5.43. The van der Waals surface area contributed by atoms with Gasteiger partial charge >= 0.3 is 5.97 Å². The zero-order valence-electron chi connectivity index (χ0n) is 11.8. The van der Waals surface area contributed by atoms with Crippen LogP contribution in [0.2, 0.25) is 10.0 Å². The summed E-state index contributed by atoms with van der Waals surface area (Å²) in [5.41, 5.74) is 1.68. The van der Waals surface area contributed by atoms with Crippen LogP contribution in [0.3, 0.4) is 0 Å². The fraction of sp³-hybridized carbons (Fsp3) is 0.125. The summed E-state index contributed by atoms with van der Waals surface area (Å²) in [6, 6.07) is 13.0. The number of aromatic nitrogens is 1. The van der Waals surface area contributed by atoms with Gasteiger partial charge in [0.25, 0.3) is 0 Å². The van der Waals surface area contributed by atoms with Gasteiger partial charge < -0.3 is 4.74 Å². The summed E-state index contributed by atoms with van der Waals surface area (Å²) in [6.07, 6.45) is 0. The molecule has 0 saturated heterocycles. The van der Waals surface area contributed by atoms with Gasteiger partial charge in [-0.2, -0.15) is 0 Å². The summed E-state index contributed by atoms with van der Waals surface area (Å²) < 4.78 is 7.20. The summed E-state index contributed by atoms with van der Waals surface area (Å²) in [5, 5.41) is 1.04. The molecule has 0 N–H and O–H groups in total. The first-order valence-corrected chi connectivity index (χ1v) is 9.25. The number of para-hydroxylation sites is 1. The van der Waals surface area contributed by atoms with Gasteiger partial charge in [0.2, 0.25) is 0 Å². The van der Waals surface area contributed by atoms with Crippen molar-refractivity contribution >= 4 is 62.5 Å². The molecule has 118 valence electrons. The Morgan fingerprint density at radius 3 is 2.83 bits per heavy atom. The van der Waals surface area contributed by atoms with E-state index in [4.69, 9.17) is 27.9 Å². The highest BCUT2D eigenvalue weighted by atomic mass is 35.5. The van der Waals surface area contributed by atoms with E-state index < -0.39 is 0 Å². The SMILES string of the molecule is O=C(CSc1nc2ccccc2s1)OCc1ccc(Cl)cc1Cl. The number of carbonyl (C=O) groups is 1. The van der Waals surface area contributed by atoms with Gasteiger partial charge in [0.05, 0.1) is 16.0 Å². The molecule has 3 rings (SSSR count). The number of hydrogen-bond donors (Lipinski definition) is 0. The zero-order chi connectivity index (χ0) is 16.2. The van der Waals surface area contributed by atoms with Crippen LogP contribution in [0, 0.1) is 0 Å². The molecule has 0 amide bonds. The van der Waals surface area contributed by atoms with Crippen LogP contribution in [0.25, 0.3) is 10.2 Å². The topological polar surface area (TPSA) is 39.2 Å². The number of nitrogens with zero attached hydrogens (tertiary/aromatic N) is 1. The molecule has 0 atom stereocenters. The molecule has 0 unspecified atom stereocenters. The molecule has 0 radical (unpaired) electrons. The lowest BCUT2D eigenvalue weighted by atomic mass is 10.2. The molecule has 1 aromatic heterocycles. The lowest BCUT2D eigenvalue weighted by Gasteiger charge is -2.06. The second-order valence-electron chi connectivity index (χ2n) is 4.63. The zero-order valence-corrected chi connectivity index (χ0v) is 14.9. The number of hydrogen-bond acceptors (Lipinski definition) is 5. The Morgan fingerprint density at radius 2 is 2.04 bits per heavy atom. The van der Waals surface area contributed by atoms with Crippen LogP contribution in [-0.4, -0.2) is 16.7 Å². The molecule has 0 aliphatic carbocycles. The maximum absolute atomic E-state index is 11.8. The van der Waals surface area contributed by atoms with Gasteiger partial charge in [-0.1, -0.05) is 53.2 Å². The summed E-state index contributed by atoms with van der Waals surface area (Å²) in [7, 11) is 0. The number of esters is 1. The maximum atomic E-state index is 11.8. The van der Waals surface area contributed by atoms with E-state index in [1.807, 2.05) is 24.3 Å². The van der Waals surface area contributed by atoms with Gasteiger partial charge in [0, 0.05) is 15.6 Å². The van der Waals surface area contributed by atoms with Crippen molar-refractivity contribution in [2.75, 3.05) is 5.75 Å². The van der Waals surface area contributed by atoms with Crippen molar-refractivity contribution < 1.29 is 9.53 Å². The number of fused-ring (bicyclic) bond motifs is 1. The number of ether oxygens (including phenoxy) is 1. The third-order valence-corrected chi connectivity index (χ3v) is 5.73. The first kappa shape index (κ1) is 16.6. The minimum atomic E-state index is -0.305. The smallest absolute Gasteiger partial charge is 0.316 e. The Labute approximate surface area is 151 Å². The van der Waals surface area contributed by atoms with Crippen LogP contribution in [-0.2, 0) is 16.1 Å². The summed E-state index contributed by atoms with van der Waals surface area (Å²) in [5.74, 6) is -0.0920. The van der Waals surface area contributed by atoms with E-state index in [0.717, 1.165) is 20.1 Å². The van der Waals surface area contributed by atoms with Gasteiger partial charge in [0.1, 0.15) is 6.61 Å². The van der Waals surface area contributed by atoms with E-state index in [1.165, 1.54) is 11.8 Å². The number of rotatable bonds is 5. The largest absolute Gasteiger partial charge is 0.460 e. The fourth-order valence-electron chi connectivity index (χ4n) is 1.87. The predicted molar refractivity (Wildman–Crippen MR) is 96.6 cm³/mol. The predicted octanol–water partition coefficient (Wildman–Crippen LogP) is 5.44. The molecule has 0 aliphatic rings. The lowest BCUT2D eigenvalue weighted by molar-refractivity contribution is -0.141. The average Bonchev–Trinajstić information content (AvgIpc) is 2.95. The van der Waals surface area contributed by atoms with Crippen molar-refractivity contribution in [3.63, 3.8) is 0 Å². The van der Waals surface area contributed by atoms with E-state index in [2.05, 4.69) is 4.98 Å². The Morgan fingerprint density at radius 1 is 1.22 bits per heavy atom. The van der Waals surface area contributed by atoms with Crippen molar-refractivity contribution in [1.29, 1.82) is 0 Å². The van der Waals surface area contributed by atoms with Gasteiger partial charge in [-0.25, -0.2) is 4.98 Å². The molecular formula is C16H11Cl2NO2S2. The van der Waals surface area contributed by atoms with E-state index >= 15 is 0 Å². The standard InChI is InChI=1S/C16H11Cl2NO2S2/c17-11-6-5-10(12(18)7-11)8-21-15(20)9-22-16-19-13-3-1-2-4-14(13)23-16/h1-7H,8-9H2. The van der Waals surface area contributed by atoms with Crippen molar-refractivity contribution in [2.24, 2.45) is 0 Å². The second-order valence-corrected chi connectivity index (χ2v) is 7.73. The van der Waals surface area contributed by atoms with Crippen LogP contribution < -0.4 is 0 Å². The molecule has 0 aliphatic heterocycles. The summed E-state index contributed by atoms with van der Waals surface area (Å²) in [6.45, 7) is 0.134. The normalized spacial score (nSPS) is 10.9. The average molecular weight is 384 g/mol. The number of thiazole rings is 1. The van der Waals surface area contributed by atoms with E-state index in [1.54, 1.807) is 29.5 Å². The van der Waals surface area contributed by atoms with Gasteiger partial charge in [-0.15, -0.1) is 11.3 Å². The molecule has 0 saturated carbocycles. The molecule has 1 heterocycles. The van der Waals surface area contributed by atoms with Crippen molar-refractivity contribution in [3.05, 3.63) is 58.1 Å². The Balaban J connectivity index is 1.53. The van der Waals surface area contributed by atoms with E-state index in [9.17, 15) is 4.79 Å². The minimum Gasteiger partial charge on any atom is -0.460 e. The van der Waals surface area contributed by atoms with Crippen LogP contribution in [0.5, 0.6) is 0 Å². The maximum Gasteiger partial charge on any atom is 0.316 e. The molecule has 0 bridgehead atoms. The van der Waals surface area contributed by atoms with Gasteiger partial charge in [-0.3, -0.25) is 4.79 Å². The van der Waals surface area contributed by atoms with Crippen LogP contribution in [0.1, 0.15) is 5.56 Å². The van der Waals surface area contributed by atoms with E-state index in [0.29, 0.717) is 10.0 Å². The number of carbonyl (C=O) groups excluding carboxylic acids is 1. The summed E-state index contributed by atoms with van der Waals surface area (Å²) >= 11 is 14.8. The fourth-order valence-corrected chi connectivity index (χ4v) is 4.20. The summed E-state index contributed by atoms with van der Waals surface area (Å²) in [4.78, 5) is 16.3. The Bertz CT molecular complexity index is 818. The molecule has 3 aromatic rings. The van der Waals surface area contributed by atoms with Crippen LogP contribution >= 0.6 is 46.3 Å². The van der Waals surface area contributed by atoms with E-state index in [-0.39, 0.29) is 18.3 Å². The molecule has 23 heavy (non-hydrogen) atoms. The first-order valence-electron chi connectivity index (χ1n) is 6.70. The van der Waals surface area contributed by atoms with Crippen LogP contribution in [0.4, 0.5) is 0 Å². The number of halogens is 2. The van der Waals surface area contributed by atoms with Crippen molar-refractivity contribution in [2.45, 2.75) is 10.9 Å².